The molecular weight excluding hydrogens is 396 g/mol. The first-order valence-corrected chi connectivity index (χ1v) is 11.0. The van der Waals surface area contributed by atoms with Gasteiger partial charge in [-0.05, 0) is 25.0 Å². The molecule has 0 aliphatic rings. The van der Waals surface area contributed by atoms with Crippen LogP contribution in [0.5, 0.6) is 0 Å². The summed E-state index contributed by atoms with van der Waals surface area (Å²) in [5.74, 6) is 0.133. The number of nitrogens with zero attached hydrogens (tertiary/aromatic N) is 1. The Morgan fingerprint density at radius 1 is 1.06 bits per heavy atom. The van der Waals surface area contributed by atoms with E-state index in [0.29, 0.717) is 31.2 Å². The molecule has 0 radical (unpaired) electrons. The van der Waals surface area contributed by atoms with Crippen molar-refractivity contribution < 1.29 is 23.8 Å². The molecule has 0 saturated carbocycles. The predicted molar refractivity (Wildman–Crippen MR) is 121 cm³/mol. The maximum absolute atomic E-state index is 12.3. The zero-order valence-corrected chi connectivity index (χ0v) is 18.7. The monoisotopic (exact) mass is 430 g/mol. The number of nitrogens with one attached hydrogen (secondary N) is 1. The lowest BCUT2D eigenvalue weighted by Crippen LogP contribution is -2.37. The number of rotatable bonds is 13. The summed E-state index contributed by atoms with van der Waals surface area (Å²) >= 11 is 0. The number of unbranched alkanes of at least 4 members (excludes halogenated alkanes) is 4. The molecule has 2 rings (SSSR count). The molecule has 1 unspecified atom stereocenters. The van der Waals surface area contributed by atoms with E-state index in [2.05, 4.69) is 12.2 Å². The van der Waals surface area contributed by atoms with Crippen LogP contribution in [0.2, 0.25) is 0 Å². The van der Waals surface area contributed by atoms with Crippen LogP contribution in [0.1, 0.15) is 51.5 Å². The summed E-state index contributed by atoms with van der Waals surface area (Å²) in [6.07, 6.45) is 5.17. The highest BCUT2D eigenvalue weighted by Gasteiger charge is 2.18. The highest BCUT2D eigenvalue weighted by atomic mass is 16.5. The first-order chi connectivity index (χ1) is 15.0. The Labute approximate surface area is 184 Å². The number of carboxylic acids is 1. The third kappa shape index (κ3) is 7.75. The van der Waals surface area contributed by atoms with Crippen LogP contribution in [0.15, 0.2) is 40.8 Å². The summed E-state index contributed by atoms with van der Waals surface area (Å²) in [5.41, 5.74) is 1.72. The first-order valence-electron chi connectivity index (χ1n) is 11.0. The minimum atomic E-state index is -0.969. The molecule has 1 atom stereocenters. The summed E-state index contributed by atoms with van der Waals surface area (Å²) in [7, 11) is 1.68. The van der Waals surface area contributed by atoms with Gasteiger partial charge < -0.3 is 19.6 Å². The van der Waals surface area contributed by atoms with E-state index in [9.17, 15) is 14.7 Å². The van der Waals surface area contributed by atoms with Crippen molar-refractivity contribution in [1.82, 2.24) is 5.32 Å². The fraction of sp³-hybridized carbons (Fsp3) is 0.500. The molecular formula is C24H34N2O5. The van der Waals surface area contributed by atoms with E-state index < -0.39 is 12.1 Å². The normalized spacial score (nSPS) is 11.8. The molecule has 170 valence electrons. The standard InChI is InChI=1S/C24H34N2O5/c1-4-6-7-8-9-16-25-24(29)26(3)22-15-14-20(31-22)19-12-10-18(11-13-19)17-21(23(27)28)30-5-2/h10-15,21H,4-9,16-17H2,1-3H3,(H,25,29)(H,27,28). The number of benzene rings is 1. The van der Waals surface area contributed by atoms with Gasteiger partial charge in [0.2, 0.25) is 5.88 Å². The highest BCUT2D eigenvalue weighted by Crippen LogP contribution is 2.27. The molecule has 2 N–H and O–H groups in total. The van der Waals surface area contributed by atoms with Gasteiger partial charge in [0.15, 0.2) is 6.10 Å². The van der Waals surface area contributed by atoms with Crippen LogP contribution in [-0.2, 0) is 16.0 Å². The summed E-state index contributed by atoms with van der Waals surface area (Å²) < 4.78 is 11.1. The number of carboxylic acid groups (broad SMARTS) is 1. The second-order valence-corrected chi connectivity index (χ2v) is 7.53. The number of carbonyl (C=O) groups is 2. The number of furan rings is 1. The third-order valence-electron chi connectivity index (χ3n) is 5.09. The first kappa shape index (κ1) is 24.5. The largest absolute Gasteiger partial charge is 0.479 e. The molecule has 1 aromatic carbocycles. The minimum absolute atomic E-state index is 0.192. The molecule has 0 saturated heterocycles. The average molecular weight is 431 g/mol. The van der Waals surface area contributed by atoms with E-state index in [4.69, 9.17) is 9.15 Å². The quantitative estimate of drug-likeness (QED) is 0.432. The number of aliphatic carboxylic acids is 1. The lowest BCUT2D eigenvalue weighted by Gasteiger charge is -2.15. The van der Waals surface area contributed by atoms with Crippen LogP contribution in [0, 0.1) is 0 Å². The van der Waals surface area contributed by atoms with Crippen molar-refractivity contribution in [3.8, 4) is 11.3 Å². The summed E-state index contributed by atoms with van der Waals surface area (Å²) in [4.78, 5) is 25.0. The SMILES string of the molecule is CCCCCCCNC(=O)N(C)c1ccc(-c2ccc(CC(OCC)C(=O)O)cc2)o1. The van der Waals surface area contributed by atoms with E-state index >= 15 is 0 Å². The van der Waals surface area contributed by atoms with Gasteiger partial charge in [-0.2, -0.15) is 0 Å². The van der Waals surface area contributed by atoms with Crippen molar-refractivity contribution in [2.75, 3.05) is 25.1 Å². The van der Waals surface area contributed by atoms with Crippen molar-refractivity contribution >= 4 is 17.9 Å². The van der Waals surface area contributed by atoms with E-state index in [1.165, 1.54) is 24.2 Å². The molecule has 0 bridgehead atoms. The molecule has 0 spiro atoms. The van der Waals surface area contributed by atoms with Gasteiger partial charge in [0, 0.05) is 38.2 Å². The number of ether oxygens (including phenoxy) is 1. The van der Waals surface area contributed by atoms with E-state index in [-0.39, 0.29) is 6.03 Å². The summed E-state index contributed by atoms with van der Waals surface area (Å²) in [6, 6.07) is 10.9. The molecule has 0 aliphatic heterocycles. The lowest BCUT2D eigenvalue weighted by molar-refractivity contribution is -0.149. The fourth-order valence-corrected chi connectivity index (χ4v) is 3.24. The molecule has 7 heteroatoms. The molecule has 2 amide bonds. The number of hydrogen-bond acceptors (Lipinski definition) is 4. The molecule has 7 nitrogen and oxygen atoms in total. The van der Waals surface area contributed by atoms with Crippen molar-refractivity contribution in [3.63, 3.8) is 0 Å². The predicted octanol–water partition coefficient (Wildman–Crippen LogP) is 5.10. The van der Waals surface area contributed by atoms with Crippen LogP contribution >= 0.6 is 0 Å². The van der Waals surface area contributed by atoms with Crippen molar-refractivity contribution in [2.24, 2.45) is 0 Å². The molecule has 0 fully saturated rings. The van der Waals surface area contributed by atoms with Crippen molar-refractivity contribution in [1.29, 1.82) is 0 Å². The second kappa shape index (κ2) is 12.8. The molecule has 31 heavy (non-hydrogen) atoms. The van der Waals surface area contributed by atoms with Crippen molar-refractivity contribution in [3.05, 3.63) is 42.0 Å². The van der Waals surface area contributed by atoms with Gasteiger partial charge in [0.1, 0.15) is 5.76 Å². The Bertz CT molecular complexity index is 816. The maximum atomic E-state index is 12.3. The van der Waals surface area contributed by atoms with Gasteiger partial charge in [0.05, 0.1) is 0 Å². The molecule has 0 aliphatic carbocycles. The molecule has 2 aromatic rings. The van der Waals surface area contributed by atoms with Crippen molar-refractivity contribution in [2.45, 2.75) is 58.5 Å². The third-order valence-corrected chi connectivity index (χ3v) is 5.09. The Hall–Kier alpha value is -2.80. The maximum Gasteiger partial charge on any atom is 0.333 e. The minimum Gasteiger partial charge on any atom is -0.479 e. The van der Waals surface area contributed by atoms with Crippen LogP contribution in [0.25, 0.3) is 11.3 Å². The molecule has 1 heterocycles. The highest BCUT2D eigenvalue weighted by molar-refractivity contribution is 5.90. The Morgan fingerprint density at radius 2 is 1.77 bits per heavy atom. The summed E-state index contributed by atoms with van der Waals surface area (Å²) in [6.45, 7) is 4.96. The Balaban J connectivity index is 1.91. The van der Waals surface area contributed by atoms with Gasteiger partial charge in [-0.15, -0.1) is 0 Å². The summed E-state index contributed by atoms with van der Waals surface area (Å²) in [5, 5.41) is 12.1. The molecule has 1 aromatic heterocycles. The zero-order chi connectivity index (χ0) is 22.6. The number of anilines is 1. The van der Waals surface area contributed by atoms with Crippen LogP contribution in [0.4, 0.5) is 10.7 Å². The Kier molecular flexibility index (Phi) is 10.1. The van der Waals surface area contributed by atoms with Crippen LogP contribution < -0.4 is 10.2 Å². The zero-order valence-electron chi connectivity index (χ0n) is 18.7. The number of urea groups is 1. The van der Waals surface area contributed by atoms with Crippen LogP contribution in [-0.4, -0.2) is 43.4 Å². The van der Waals surface area contributed by atoms with Gasteiger partial charge >= 0.3 is 12.0 Å². The second-order valence-electron chi connectivity index (χ2n) is 7.53. The number of amides is 2. The van der Waals surface area contributed by atoms with Gasteiger partial charge in [0.25, 0.3) is 0 Å². The van der Waals surface area contributed by atoms with E-state index in [1.807, 2.05) is 30.3 Å². The van der Waals surface area contributed by atoms with Gasteiger partial charge in [-0.3, -0.25) is 4.90 Å². The Morgan fingerprint density at radius 3 is 2.42 bits per heavy atom. The topological polar surface area (TPSA) is 92.0 Å². The average Bonchev–Trinajstić information content (AvgIpc) is 3.25. The van der Waals surface area contributed by atoms with E-state index in [0.717, 1.165) is 24.0 Å². The number of hydrogen-bond donors (Lipinski definition) is 2. The van der Waals surface area contributed by atoms with Crippen LogP contribution in [0.3, 0.4) is 0 Å². The smallest absolute Gasteiger partial charge is 0.333 e. The van der Waals surface area contributed by atoms with E-state index in [1.54, 1.807) is 20.0 Å². The number of carbonyl (C=O) groups excluding carboxylic acids is 1. The fourth-order valence-electron chi connectivity index (χ4n) is 3.24. The van der Waals surface area contributed by atoms with Gasteiger partial charge in [-0.25, -0.2) is 9.59 Å². The lowest BCUT2D eigenvalue weighted by atomic mass is 10.0. The van der Waals surface area contributed by atoms with Gasteiger partial charge in [-0.1, -0.05) is 56.9 Å².